The lowest BCUT2D eigenvalue weighted by atomic mass is 9.95. The molecule has 2 N–H and O–H groups in total. The zero-order valence-electron chi connectivity index (χ0n) is 11.8. The number of rotatable bonds is 5. The first kappa shape index (κ1) is 14.5. The quantitative estimate of drug-likeness (QED) is 0.806. The van der Waals surface area contributed by atoms with Crippen molar-refractivity contribution in [1.82, 2.24) is 15.2 Å². The number of nitrogens with one attached hydrogen (secondary N) is 1. The van der Waals surface area contributed by atoms with E-state index in [-0.39, 0.29) is 12.6 Å². The number of aliphatic hydroxyl groups is 1. The molecule has 0 aromatic carbocycles. The van der Waals surface area contributed by atoms with Crippen LogP contribution in [0.4, 0.5) is 0 Å². The second kappa shape index (κ2) is 6.00. The highest BCUT2D eigenvalue weighted by atomic mass is 16.5. The van der Waals surface area contributed by atoms with Crippen LogP contribution in [0.5, 0.6) is 0 Å². The van der Waals surface area contributed by atoms with E-state index >= 15 is 0 Å². The van der Waals surface area contributed by atoms with Crippen LogP contribution >= 0.6 is 0 Å². The van der Waals surface area contributed by atoms with E-state index in [0.29, 0.717) is 31.7 Å². The molecule has 1 aromatic heterocycles. The molecule has 0 radical (unpaired) electrons. The largest absolute Gasteiger partial charge is 0.447 e. The van der Waals surface area contributed by atoms with Crippen LogP contribution in [-0.4, -0.2) is 60.0 Å². The van der Waals surface area contributed by atoms with Gasteiger partial charge in [0.2, 0.25) is 5.89 Å². The van der Waals surface area contributed by atoms with E-state index in [0.717, 1.165) is 0 Å². The Morgan fingerprint density at radius 2 is 2.47 bits per heavy atom. The molecule has 1 unspecified atom stereocenters. The fraction of sp³-hybridized carbons (Fsp3) is 0.769. The summed E-state index contributed by atoms with van der Waals surface area (Å²) in [6, 6.07) is 0.295. The van der Waals surface area contributed by atoms with Crippen molar-refractivity contribution in [2.75, 3.05) is 33.4 Å². The van der Waals surface area contributed by atoms with Gasteiger partial charge >= 0.3 is 0 Å². The lowest BCUT2D eigenvalue weighted by molar-refractivity contribution is -0.106. The van der Waals surface area contributed by atoms with Gasteiger partial charge in [-0.2, -0.15) is 0 Å². The Morgan fingerprint density at radius 3 is 3.11 bits per heavy atom. The van der Waals surface area contributed by atoms with E-state index in [2.05, 4.69) is 22.1 Å². The zero-order chi connectivity index (χ0) is 13.9. The zero-order valence-corrected chi connectivity index (χ0v) is 11.8. The van der Waals surface area contributed by atoms with Gasteiger partial charge in [0.15, 0.2) is 0 Å². The predicted octanol–water partition coefficient (Wildman–Crippen LogP) is 0.407. The smallest absolute Gasteiger partial charge is 0.210 e. The Bertz CT molecular complexity index is 384. The monoisotopic (exact) mass is 269 g/mol. The highest BCUT2D eigenvalue weighted by Crippen LogP contribution is 2.22. The van der Waals surface area contributed by atoms with E-state index in [1.165, 1.54) is 0 Å². The Kier molecular flexibility index (Phi) is 4.57. The number of oxazole rings is 1. The molecule has 1 saturated heterocycles. The van der Waals surface area contributed by atoms with E-state index in [1.807, 2.05) is 14.0 Å². The van der Waals surface area contributed by atoms with Crippen LogP contribution in [0.15, 0.2) is 16.9 Å². The number of ether oxygens (including phenoxy) is 1. The second-order valence-corrected chi connectivity index (χ2v) is 5.33. The topological polar surface area (TPSA) is 70.8 Å². The van der Waals surface area contributed by atoms with E-state index in [1.54, 1.807) is 12.5 Å². The van der Waals surface area contributed by atoms with Gasteiger partial charge in [-0.1, -0.05) is 0 Å². The average molecular weight is 269 g/mol. The fourth-order valence-corrected chi connectivity index (χ4v) is 2.37. The van der Waals surface area contributed by atoms with Gasteiger partial charge in [-0.25, -0.2) is 4.98 Å². The third-order valence-electron chi connectivity index (χ3n) is 3.99. The summed E-state index contributed by atoms with van der Waals surface area (Å²) in [6.07, 6.45) is 3.19. The Balaban J connectivity index is 1.98. The molecule has 0 amide bonds. The first-order chi connectivity index (χ1) is 9.09. The first-order valence-corrected chi connectivity index (χ1v) is 6.63. The van der Waals surface area contributed by atoms with Gasteiger partial charge in [-0.3, -0.25) is 4.90 Å². The summed E-state index contributed by atoms with van der Waals surface area (Å²) >= 11 is 0. The molecule has 3 atom stereocenters. The third kappa shape index (κ3) is 2.97. The number of aliphatic hydroxyl groups excluding tert-OH is 1. The van der Waals surface area contributed by atoms with Gasteiger partial charge in [0.05, 0.1) is 37.6 Å². The molecule has 108 valence electrons. The molecule has 19 heavy (non-hydrogen) atoms. The molecule has 1 aliphatic heterocycles. The highest BCUT2D eigenvalue weighted by molar-refractivity contribution is 4.98. The van der Waals surface area contributed by atoms with Gasteiger partial charge in [0, 0.05) is 12.6 Å². The Hall–Kier alpha value is -0.950. The molecule has 2 rings (SSSR count). The van der Waals surface area contributed by atoms with Crippen molar-refractivity contribution in [3.8, 4) is 0 Å². The fourth-order valence-electron chi connectivity index (χ4n) is 2.37. The summed E-state index contributed by atoms with van der Waals surface area (Å²) in [6.45, 7) is 5.99. The molecule has 6 nitrogen and oxygen atoms in total. The molecule has 6 heteroatoms. The molecule has 0 spiro atoms. The molecule has 1 aliphatic rings. The second-order valence-electron chi connectivity index (χ2n) is 5.33. The minimum absolute atomic E-state index is 0.00376. The van der Waals surface area contributed by atoms with Crippen LogP contribution in [0.25, 0.3) is 0 Å². The first-order valence-electron chi connectivity index (χ1n) is 6.63. The van der Waals surface area contributed by atoms with Crippen LogP contribution < -0.4 is 5.32 Å². The number of nitrogens with zero attached hydrogens (tertiary/aromatic N) is 2. The maximum absolute atomic E-state index is 9.77. The minimum atomic E-state index is -0.390. The molecule has 1 fully saturated rings. The molecule has 1 aromatic rings. The maximum atomic E-state index is 9.77. The summed E-state index contributed by atoms with van der Waals surface area (Å²) in [5.41, 5.74) is -0.390. The van der Waals surface area contributed by atoms with E-state index < -0.39 is 5.54 Å². The minimum Gasteiger partial charge on any atom is -0.447 e. The van der Waals surface area contributed by atoms with Crippen molar-refractivity contribution < 1.29 is 14.3 Å². The standard InChI is InChI=1S/C13H23N3O3/c1-10-6-18-9-13(8-17,16(10)3)7-15-11(2)12-14-4-5-19-12/h4-5,10-11,15,17H,6-9H2,1-3H3/t10-,11?,13+/m1/s1. The molecular weight excluding hydrogens is 246 g/mol. The molecular formula is C13H23N3O3. The van der Waals surface area contributed by atoms with Gasteiger partial charge < -0.3 is 19.6 Å². The summed E-state index contributed by atoms with van der Waals surface area (Å²) < 4.78 is 10.9. The van der Waals surface area contributed by atoms with Crippen LogP contribution in [0.3, 0.4) is 0 Å². The molecule has 2 heterocycles. The molecule has 0 aliphatic carbocycles. The lowest BCUT2D eigenvalue weighted by Gasteiger charge is -2.47. The van der Waals surface area contributed by atoms with E-state index in [9.17, 15) is 5.11 Å². The average Bonchev–Trinajstić information content (AvgIpc) is 2.94. The summed E-state index contributed by atoms with van der Waals surface area (Å²) in [7, 11) is 2.03. The number of aromatic nitrogens is 1. The normalized spacial score (nSPS) is 30.4. The van der Waals surface area contributed by atoms with Crippen LogP contribution in [0, 0.1) is 0 Å². The summed E-state index contributed by atoms with van der Waals surface area (Å²) in [5, 5.41) is 13.1. The maximum Gasteiger partial charge on any atom is 0.210 e. The van der Waals surface area contributed by atoms with Crippen molar-refractivity contribution in [3.63, 3.8) is 0 Å². The third-order valence-corrected chi connectivity index (χ3v) is 3.99. The molecule has 0 bridgehead atoms. The number of hydrogen-bond donors (Lipinski definition) is 2. The number of hydrogen-bond acceptors (Lipinski definition) is 6. The Labute approximate surface area is 113 Å². The summed E-state index contributed by atoms with van der Waals surface area (Å²) in [4.78, 5) is 6.31. The highest BCUT2D eigenvalue weighted by Gasteiger charge is 2.40. The van der Waals surface area contributed by atoms with Crippen molar-refractivity contribution >= 4 is 0 Å². The number of morpholine rings is 1. The summed E-state index contributed by atoms with van der Waals surface area (Å²) in [5.74, 6) is 0.653. The van der Waals surface area contributed by atoms with Crippen molar-refractivity contribution in [3.05, 3.63) is 18.4 Å². The SMILES string of the molecule is CC(NC[C@]1(CO)COC[C@@H](C)N1C)c1ncco1. The van der Waals surface area contributed by atoms with Gasteiger partial charge in [0.25, 0.3) is 0 Å². The predicted molar refractivity (Wildman–Crippen MR) is 70.8 cm³/mol. The van der Waals surface area contributed by atoms with Crippen LogP contribution in [-0.2, 0) is 4.74 Å². The van der Waals surface area contributed by atoms with Crippen LogP contribution in [0.2, 0.25) is 0 Å². The van der Waals surface area contributed by atoms with Gasteiger partial charge in [-0.15, -0.1) is 0 Å². The van der Waals surface area contributed by atoms with Gasteiger partial charge in [-0.05, 0) is 20.9 Å². The lowest BCUT2D eigenvalue weighted by Crippen LogP contribution is -2.65. The molecule has 0 saturated carbocycles. The van der Waals surface area contributed by atoms with E-state index in [4.69, 9.17) is 9.15 Å². The van der Waals surface area contributed by atoms with Gasteiger partial charge in [0.1, 0.15) is 6.26 Å². The Morgan fingerprint density at radius 1 is 1.68 bits per heavy atom. The number of likely N-dealkylation sites (N-methyl/N-ethyl adjacent to an activating group) is 1. The van der Waals surface area contributed by atoms with Crippen LogP contribution in [0.1, 0.15) is 25.8 Å². The van der Waals surface area contributed by atoms with Crippen molar-refractivity contribution in [2.45, 2.75) is 31.5 Å². The van der Waals surface area contributed by atoms with Crippen molar-refractivity contribution in [2.24, 2.45) is 0 Å². The van der Waals surface area contributed by atoms with Crippen molar-refractivity contribution in [1.29, 1.82) is 0 Å².